The Labute approximate surface area is 220 Å². The molecule has 2 aromatic rings. The fourth-order valence-electron chi connectivity index (χ4n) is 4.59. The van der Waals surface area contributed by atoms with Gasteiger partial charge in [-0.05, 0) is 29.8 Å². The monoisotopic (exact) mass is 554 g/mol. The molecule has 3 heterocycles. The van der Waals surface area contributed by atoms with Gasteiger partial charge in [-0.15, -0.1) is 0 Å². The predicted molar refractivity (Wildman–Crippen MR) is 130 cm³/mol. The Kier molecular flexibility index (Phi) is 6.86. The summed E-state index contributed by atoms with van der Waals surface area (Å²) in [6, 6.07) is 7.24. The van der Waals surface area contributed by atoms with Gasteiger partial charge in [-0.3, -0.25) is 14.9 Å². The summed E-state index contributed by atoms with van der Waals surface area (Å²) < 4.78 is 65.2. The van der Waals surface area contributed by atoms with Gasteiger partial charge in [0.15, 0.2) is 12.8 Å². The van der Waals surface area contributed by atoms with Crippen molar-refractivity contribution in [3.8, 4) is 11.5 Å². The number of halogens is 5. The van der Waals surface area contributed by atoms with Gasteiger partial charge in [0, 0.05) is 55.5 Å². The van der Waals surface area contributed by atoms with Crippen LogP contribution < -0.4 is 20.1 Å². The van der Waals surface area contributed by atoms with Crippen LogP contribution in [-0.2, 0) is 4.79 Å². The fraction of sp³-hybridized carbons (Fsp3) is 0.360. The largest absolute Gasteiger partial charge is 0.493 e. The second-order valence-electron chi connectivity index (χ2n) is 9.34. The third-order valence-electron chi connectivity index (χ3n) is 6.50. The molecular formula is C25H23ClF4N4O4. The average molecular weight is 555 g/mol. The van der Waals surface area contributed by atoms with Crippen molar-refractivity contribution in [3.63, 3.8) is 0 Å². The van der Waals surface area contributed by atoms with Gasteiger partial charge in [-0.1, -0.05) is 11.6 Å². The molecule has 0 aliphatic carbocycles. The van der Waals surface area contributed by atoms with E-state index in [4.69, 9.17) is 21.1 Å². The number of benzene rings is 2. The molecule has 3 aliphatic rings. The van der Waals surface area contributed by atoms with Gasteiger partial charge in [0.1, 0.15) is 17.3 Å². The number of nitrogens with zero attached hydrogens (tertiary/aromatic N) is 2. The quantitative estimate of drug-likeness (QED) is 0.548. The van der Waals surface area contributed by atoms with Crippen molar-refractivity contribution in [2.45, 2.75) is 12.3 Å². The summed E-state index contributed by atoms with van der Waals surface area (Å²) in [5.41, 5.74) is 1.20. The Balaban J connectivity index is 1.22. The maximum atomic E-state index is 14.5. The molecule has 0 aromatic heterocycles. The van der Waals surface area contributed by atoms with Crippen LogP contribution in [0.5, 0.6) is 11.5 Å². The van der Waals surface area contributed by atoms with E-state index in [0.29, 0.717) is 35.0 Å². The topological polar surface area (TPSA) is 83.1 Å². The second kappa shape index (κ2) is 9.99. The zero-order valence-electron chi connectivity index (χ0n) is 20.1. The van der Waals surface area contributed by atoms with E-state index < -0.39 is 30.0 Å². The highest BCUT2D eigenvalue weighted by Crippen LogP contribution is 2.35. The first-order chi connectivity index (χ1) is 18.0. The number of hydrogen-bond acceptors (Lipinski definition) is 6. The molecule has 0 radical (unpaired) electrons. The molecule has 0 saturated carbocycles. The Morgan fingerprint density at radius 2 is 2.00 bits per heavy atom. The van der Waals surface area contributed by atoms with E-state index in [-0.39, 0.29) is 42.7 Å². The number of anilines is 1. The van der Waals surface area contributed by atoms with Crippen LogP contribution in [0.2, 0.25) is 5.02 Å². The summed E-state index contributed by atoms with van der Waals surface area (Å²) in [6.45, 7) is 0.621. The summed E-state index contributed by atoms with van der Waals surface area (Å²) in [7, 11) is 1.34. The van der Waals surface area contributed by atoms with Gasteiger partial charge in [-0.25, -0.2) is 4.39 Å². The van der Waals surface area contributed by atoms with E-state index >= 15 is 0 Å². The van der Waals surface area contributed by atoms with Crippen LogP contribution in [0.4, 0.5) is 23.2 Å². The highest BCUT2D eigenvalue weighted by atomic mass is 35.5. The number of carbonyl (C=O) groups is 2. The van der Waals surface area contributed by atoms with E-state index in [1.807, 2.05) is 0 Å². The van der Waals surface area contributed by atoms with Crippen LogP contribution in [0.1, 0.15) is 15.9 Å². The number of hydrogen-bond donors (Lipinski definition) is 2. The summed E-state index contributed by atoms with van der Waals surface area (Å²) in [5.74, 6) is -1.09. The molecule has 1 saturated heterocycles. The lowest BCUT2D eigenvalue weighted by atomic mass is 9.99. The smallest absolute Gasteiger partial charge is 0.422 e. The zero-order chi connectivity index (χ0) is 27.2. The fourth-order valence-corrected chi connectivity index (χ4v) is 4.76. The summed E-state index contributed by atoms with van der Waals surface area (Å²) in [6.07, 6.45) is -4.81. The first-order valence-electron chi connectivity index (χ1n) is 11.7. The van der Waals surface area contributed by atoms with E-state index in [1.54, 1.807) is 18.2 Å². The third kappa shape index (κ3) is 5.23. The molecular weight excluding hydrogens is 532 g/mol. The number of amides is 2. The molecule has 3 aliphatic heterocycles. The zero-order valence-corrected chi connectivity index (χ0v) is 20.8. The number of carbonyl (C=O) groups excluding carboxylic acids is 2. The first-order valence-corrected chi connectivity index (χ1v) is 12.1. The summed E-state index contributed by atoms with van der Waals surface area (Å²) >= 11 is 6.15. The lowest BCUT2D eigenvalue weighted by Gasteiger charge is -2.39. The van der Waals surface area contributed by atoms with Crippen LogP contribution in [0.15, 0.2) is 36.5 Å². The van der Waals surface area contributed by atoms with Gasteiger partial charge in [0.25, 0.3) is 11.8 Å². The standard InChI is InChI=1S/C25H23ClF4N4O4/c1-33-10-14(7-31-24(33)25(28,29)30)16-4-15(26)2-3-20(16)37-11-13-8-34(9-13)23(36)17-5-19-21(6-18(17)27)38-12-22(35)32-19/h2-6,10,13,24,31H,7-9,11-12H2,1H3,(H,32,35). The molecule has 2 aromatic carbocycles. The summed E-state index contributed by atoms with van der Waals surface area (Å²) in [5, 5.41) is 5.44. The van der Waals surface area contributed by atoms with Gasteiger partial charge in [-0.2, -0.15) is 13.2 Å². The minimum atomic E-state index is -4.43. The van der Waals surface area contributed by atoms with Crippen molar-refractivity contribution < 1.29 is 36.6 Å². The van der Waals surface area contributed by atoms with Crippen molar-refractivity contribution in [1.82, 2.24) is 15.1 Å². The molecule has 0 bridgehead atoms. The molecule has 202 valence electrons. The Bertz CT molecular complexity index is 1310. The van der Waals surface area contributed by atoms with Gasteiger partial charge < -0.3 is 24.6 Å². The SMILES string of the molecule is CN1C=C(c2cc(Cl)ccc2OCC2CN(C(=O)c3cc4c(cc3F)OCC(=O)N4)C2)CNC1C(F)(F)F. The van der Waals surface area contributed by atoms with Gasteiger partial charge >= 0.3 is 6.18 Å². The van der Waals surface area contributed by atoms with Crippen LogP contribution in [-0.4, -0.2) is 73.9 Å². The maximum absolute atomic E-state index is 14.5. The molecule has 2 N–H and O–H groups in total. The minimum absolute atomic E-state index is 0.0330. The molecule has 1 unspecified atom stereocenters. The molecule has 38 heavy (non-hydrogen) atoms. The van der Waals surface area contributed by atoms with Crippen molar-refractivity contribution in [2.24, 2.45) is 5.92 Å². The molecule has 1 atom stereocenters. The molecule has 8 nitrogen and oxygen atoms in total. The Morgan fingerprint density at radius 1 is 1.24 bits per heavy atom. The minimum Gasteiger partial charge on any atom is -0.493 e. The number of rotatable bonds is 5. The van der Waals surface area contributed by atoms with Crippen LogP contribution in [0.25, 0.3) is 5.57 Å². The lowest BCUT2D eigenvalue weighted by Crippen LogP contribution is -2.54. The van der Waals surface area contributed by atoms with Crippen LogP contribution >= 0.6 is 11.6 Å². The Morgan fingerprint density at radius 3 is 2.71 bits per heavy atom. The normalized spacial score (nSPS) is 19.7. The Hall–Kier alpha value is -3.51. The first kappa shape index (κ1) is 26.1. The van der Waals surface area contributed by atoms with Crippen molar-refractivity contribution in [3.05, 3.63) is 58.5 Å². The van der Waals surface area contributed by atoms with E-state index in [0.717, 1.165) is 11.0 Å². The molecule has 0 spiro atoms. The highest BCUT2D eigenvalue weighted by Gasteiger charge is 2.43. The molecule has 2 amide bonds. The second-order valence-corrected chi connectivity index (χ2v) is 9.77. The predicted octanol–water partition coefficient (Wildman–Crippen LogP) is 3.73. The van der Waals surface area contributed by atoms with E-state index in [9.17, 15) is 27.2 Å². The summed E-state index contributed by atoms with van der Waals surface area (Å²) in [4.78, 5) is 26.9. The van der Waals surface area contributed by atoms with Crippen molar-refractivity contribution in [1.29, 1.82) is 0 Å². The lowest BCUT2D eigenvalue weighted by molar-refractivity contribution is -0.182. The van der Waals surface area contributed by atoms with Gasteiger partial charge in [0.2, 0.25) is 0 Å². The van der Waals surface area contributed by atoms with E-state index in [1.165, 1.54) is 24.2 Å². The molecule has 5 rings (SSSR count). The maximum Gasteiger partial charge on any atom is 0.422 e. The molecule has 13 heteroatoms. The molecule has 1 fully saturated rings. The van der Waals surface area contributed by atoms with E-state index in [2.05, 4.69) is 10.6 Å². The number of likely N-dealkylation sites (tertiary alicyclic amines) is 1. The van der Waals surface area contributed by atoms with Crippen LogP contribution in [0.3, 0.4) is 0 Å². The number of nitrogens with one attached hydrogen (secondary N) is 2. The van der Waals surface area contributed by atoms with Crippen molar-refractivity contribution >= 4 is 34.7 Å². The number of fused-ring (bicyclic) bond motifs is 1. The average Bonchev–Trinajstić information content (AvgIpc) is 2.82. The number of ether oxygens (including phenoxy) is 2. The number of alkyl halides is 3. The highest BCUT2D eigenvalue weighted by molar-refractivity contribution is 6.30. The van der Waals surface area contributed by atoms with Crippen LogP contribution in [0, 0.1) is 11.7 Å². The van der Waals surface area contributed by atoms with Crippen molar-refractivity contribution in [2.75, 3.05) is 45.2 Å². The third-order valence-corrected chi connectivity index (χ3v) is 6.74. The van der Waals surface area contributed by atoms with Gasteiger partial charge in [0.05, 0.1) is 17.9 Å².